The van der Waals surface area contributed by atoms with E-state index in [9.17, 15) is 14.4 Å². The summed E-state index contributed by atoms with van der Waals surface area (Å²) in [5, 5.41) is 2.88. The SMILES string of the molecule is CCOC(=O)C1(NC(=O)OCC2c3ccccc3-c3ccccc32)CC2CCC(C1)N2C(=O)OC(C)(C)C. The third-order valence-corrected chi connectivity index (χ3v) is 7.74. The molecule has 2 aromatic rings. The molecule has 2 atom stereocenters. The first kappa shape index (κ1) is 26.1. The molecular formula is C30H36N2O6. The van der Waals surface area contributed by atoms with Crippen molar-refractivity contribution in [1.82, 2.24) is 10.2 Å². The lowest BCUT2D eigenvalue weighted by Crippen LogP contribution is -2.64. The van der Waals surface area contributed by atoms with Crippen LogP contribution in [-0.4, -0.2) is 59.5 Å². The monoisotopic (exact) mass is 520 g/mol. The number of esters is 1. The lowest BCUT2D eigenvalue weighted by molar-refractivity contribution is -0.154. The fourth-order valence-electron chi connectivity index (χ4n) is 6.28. The van der Waals surface area contributed by atoms with Crippen molar-refractivity contribution in [2.45, 2.75) is 82.5 Å². The van der Waals surface area contributed by atoms with Crippen LogP contribution < -0.4 is 5.32 Å². The maximum absolute atomic E-state index is 13.2. The van der Waals surface area contributed by atoms with E-state index in [2.05, 4.69) is 29.6 Å². The molecule has 2 fully saturated rings. The van der Waals surface area contributed by atoms with Crippen LogP contribution in [0.15, 0.2) is 48.5 Å². The van der Waals surface area contributed by atoms with Crippen LogP contribution in [0.5, 0.6) is 0 Å². The second-order valence-electron chi connectivity index (χ2n) is 11.4. The van der Waals surface area contributed by atoms with Gasteiger partial charge in [0.05, 0.1) is 6.61 Å². The van der Waals surface area contributed by atoms with Gasteiger partial charge in [-0.2, -0.15) is 0 Å². The number of alkyl carbamates (subject to hydrolysis) is 1. The third-order valence-electron chi connectivity index (χ3n) is 7.74. The molecule has 202 valence electrons. The fourth-order valence-corrected chi connectivity index (χ4v) is 6.28. The van der Waals surface area contributed by atoms with E-state index >= 15 is 0 Å². The molecule has 2 aromatic carbocycles. The first-order valence-corrected chi connectivity index (χ1v) is 13.4. The number of carbonyl (C=O) groups excluding carboxylic acids is 3. The van der Waals surface area contributed by atoms with Crippen molar-refractivity contribution in [2.75, 3.05) is 13.2 Å². The minimum atomic E-state index is -1.26. The molecule has 2 unspecified atom stereocenters. The maximum atomic E-state index is 13.2. The number of ether oxygens (including phenoxy) is 3. The summed E-state index contributed by atoms with van der Waals surface area (Å²) >= 11 is 0. The normalized spacial score (nSPS) is 23.8. The number of amides is 2. The summed E-state index contributed by atoms with van der Waals surface area (Å²) in [5.41, 5.74) is 2.64. The molecular weight excluding hydrogens is 484 g/mol. The van der Waals surface area contributed by atoms with Gasteiger partial charge in [0.1, 0.15) is 17.7 Å². The summed E-state index contributed by atoms with van der Waals surface area (Å²) in [5.74, 6) is -0.578. The van der Waals surface area contributed by atoms with E-state index in [0.717, 1.165) is 35.1 Å². The van der Waals surface area contributed by atoms with Gasteiger partial charge < -0.3 is 24.4 Å². The Kier molecular flexibility index (Phi) is 6.84. The van der Waals surface area contributed by atoms with E-state index in [1.54, 1.807) is 11.8 Å². The van der Waals surface area contributed by atoms with E-state index in [1.165, 1.54) is 0 Å². The Labute approximate surface area is 223 Å². The Bertz CT molecular complexity index is 1180. The van der Waals surface area contributed by atoms with Crippen LogP contribution in [0, 0.1) is 0 Å². The summed E-state index contributed by atoms with van der Waals surface area (Å²) in [6, 6.07) is 15.8. The number of hydrogen-bond donors (Lipinski definition) is 1. The molecule has 0 saturated carbocycles. The largest absolute Gasteiger partial charge is 0.464 e. The second kappa shape index (κ2) is 9.97. The minimum absolute atomic E-state index is 0.0862. The topological polar surface area (TPSA) is 94.2 Å². The van der Waals surface area contributed by atoms with Gasteiger partial charge in [-0.05, 0) is 62.8 Å². The highest BCUT2D eigenvalue weighted by atomic mass is 16.6. The quantitative estimate of drug-likeness (QED) is 0.420. The Hall–Kier alpha value is -3.55. The highest BCUT2D eigenvalue weighted by Gasteiger charge is 2.56. The molecule has 8 nitrogen and oxygen atoms in total. The molecule has 0 spiro atoms. The molecule has 1 aliphatic carbocycles. The van der Waals surface area contributed by atoms with Crippen LogP contribution in [0.3, 0.4) is 0 Å². The summed E-state index contributed by atoms with van der Waals surface area (Å²) < 4.78 is 16.8. The molecule has 2 amide bonds. The van der Waals surface area contributed by atoms with Gasteiger partial charge in [0.15, 0.2) is 0 Å². The smallest absolute Gasteiger partial charge is 0.410 e. The molecule has 2 aliphatic heterocycles. The van der Waals surface area contributed by atoms with Crippen molar-refractivity contribution in [3.63, 3.8) is 0 Å². The minimum Gasteiger partial charge on any atom is -0.464 e. The molecule has 3 aliphatic rings. The van der Waals surface area contributed by atoms with Crippen LogP contribution in [0.1, 0.15) is 70.4 Å². The van der Waals surface area contributed by atoms with Gasteiger partial charge in [0.2, 0.25) is 0 Å². The van der Waals surface area contributed by atoms with Crippen LogP contribution in [-0.2, 0) is 19.0 Å². The summed E-state index contributed by atoms with van der Waals surface area (Å²) in [6.45, 7) is 7.58. The van der Waals surface area contributed by atoms with Crippen LogP contribution in [0.2, 0.25) is 0 Å². The molecule has 0 aromatic heterocycles. The first-order valence-electron chi connectivity index (χ1n) is 13.4. The molecule has 8 heteroatoms. The predicted octanol–water partition coefficient (Wildman–Crippen LogP) is 5.39. The number of piperidine rings is 1. The van der Waals surface area contributed by atoms with Crippen LogP contribution in [0.4, 0.5) is 9.59 Å². The summed E-state index contributed by atoms with van der Waals surface area (Å²) in [4.78, 5) is 41.1. The Morgan fingerprint density at radius 2 is 1.47 bits per heavy atom. The zero-order valence-electron chi connectivity index (χ0n) is 22.5. The summed E-state index contributed by atoms with van der Waals surface area (Å²) in [6.07, 6.45) is 0.931. The molecule has 38 heavy (non-hydrogen) atoms. The van der Waals surface area contributed by atoms with E-state index in [1.807, 2.05) is 45.0 Å². The molecule has 1 N–H and O–H groups in total. The van der Waals surface area contributed by atoms with Crippen LogP contribution in [0.25, 0.3) is 11.1 Å². The van der Waals surface area contributed by atoms with E-state index < -0.39 is 23.2 Å². The van der Waals surface area contributed by atoms with Crippen molar-refractivity contribution in [3.8, 4) is 11.1 Å². The second-order valence-corrected chi connectivity index (χ2v) is 11.4. The molecule has 2 saturated heterocycles. The first-order chi connectivity index (χ1) is 18.1. The van der Waals surface area contributed by atoms with Gasteiger partial charge in [-0.1, -0.05) is 48.5 Å². The summed E-state index contributed by atoms with van der Waals surface area (Å²) in [7, 11) is 0. The number of rotatable bonds is 5. The number of carbonyl (C=O) groups is 3. The Morgan fingerprint density at radius 3 is 2.00 bits per heavy atom. The van der Waals surface area contributed by atoms with Crippen molar-refractivity contribution >= 4 is 18.2 Å². The Balaban J connectivity index is 1.31. The third kappa shape index (κ3) is 4.84. The number of nitrogens with one attached hydrogen (secondary N) is 1. The van der Waals surface area contributed by atoms with Gasteiger partial charge >= 0.3 is 18.2 Å². The number of nitrogens with zero attached hydrogens (tertiary/aromatic N) is 1. The average Bonchev–Trinajstić information content (AvgIpc) is 3.34. The van der Waals surface area contributed by atoms with Crippen molar-refractivity contribution < 1.29 is 28.6 Å². The van der Waals surface area contributed by atoms with Gasteiger partial charge in [0, 0.05) is 30.8 Å². The standard InChI is InChI=1S/C30H36N2O6/c1-5-36-26(33)30(16-19-14-15-20(17-30)32(19)28(35)38-29(2,3)4)31-27(34)37-18-25-23-12-8-6-10-21(23)22-11-7-9-13-24(22)25/h6-13,19-20,25H,5,14-18H2,1-4H3,(H,31,34). The Morgan fingerprint density at radius 1 is 0.921 bits per heavy atom. The van der Waals surface area contributed by atoms with Crippen LogP contribution >= 0.6 is 0 Å². The lowest BCUT2D eigenvalue weighted by Gasteiger charge is -2.44. The van der Waals surface area contributed by atoms with Gasteiger partial charge in [0.25, 0.3) is 0 Å². The molecule has 5 rings (SSSR count). The molecule has 0 radical (unpaired) electrons. The van der Waals surface area contributed by atoms with Gasteiger partial charge in [-0.25, -0.2) is 14.4 Å². The highest BCUT2D eigenvalue weighted by Crippen LogP contribution is 2.45. The van der Waals surface area contributed by atoms with E-state index in [-0.39, 0.29) is 50.2 Å². The highest BCUT2D eigenvalue weighted by molar-refractivity contribution is 5.87. The van der Waals surface area contributed by atoms with Gasteiger partial charge in [-0.3, -0.25) is 0 Å². The maximum Gasteiger partial charge on any atom is 0.410 e. The zero-order valence-corrected chi connectivity index (χ0v) is 22.5. The van der Waals surface area contributed by atoms with Crippen molar-refractivity contribution in [1.29, 1.82) is 0 Å². The van der Waals surface area contributed by atoms with Gasteiger partial charge in [-0.15, -0.1) is 0 Å². The van der Waals surface area contributed by atoms with E-state index in [0.29, 0.717) is 0 Å². The van der Waals surface area contributed by atoms with Crippen molar-refractivity contribution in [2.24, 2.45) is 0 Å². The molecule has 2 heterocycles. The van der Waals surface area contributed by atoms with E-state index in [4.69, 9.17) is 14.2 Å². The van der Waals surface area contributed by atoms with Crippen molar-refractivity contribution in [3.05, 3.63) is 59.7 Å². The fraction of sp³-hybridized carbons (Fsp3) is 0.500. The number of benzene rings is 2. The lowest BCUT2D eigenvalue weighted by atomic mass is 9.83. The average molecular weight is 521 g/mol. The zero-order chi connectivity index (χ0) is 27.1. The molecule has 2 bridgehead atoms. The number of fused-ring (bicyclic) bond motifs is 5. The number of hydrogen-bond acceptors (Lipinski definition) is 6. The predicted molar refractivity (Wildman–Crippen MR) is 142 cm³/mol.